The Hall–Kier alpha value is -1.83. The van der Waals surface area contributed by atoms with Crippen molar-refractivity contribution in [2.75, 3.05) is 32.7 Å². The molecule has 0 saturated carbocycles. The van der Waals surface area contributed by atoms with E-state index in [1.54, 1.807) is 4.90 Å². The van der Waals surface area contributed by atoms with Crippen molar-refractivity contribution in [2.24, 2.45) is 0 Å². The molecule has 0 unspecified atom stereocenters. The molecule has 1 aromatic carbocycles. The zero-order valence-corrected chi connectivity index (χ0v) is 15.5. The highest BCUT2D eigenvalue weighted by atomic mass is 19.3. The van der Waals surface area contributed by atoms with Crippen LogP contribution in [-0.4, -0.2) is 61.0 Å². The van der Waals surface area contributed by atoms with Crippen molar-refractivity contribution in [3.8, 4) is 5.75 Å². The standard InChI is InChI=1S/C13H13F4NO2.C6H13N/c14-12(15)13(16,17)20-10-5-3-9(4-6-10)11(19)18-7-1-2-8-18;1-2-7-5-3-4-6-7/h3-6,12H,1-2,7-8H2;2-6H2,1H3. The summed E-state index contributed by atoms with van der Waals surface area (Å²) in [6.07, 6.45) is -3.73. The van der Waals surface area contributed by atoms with Crippen molar-refractivity contribution < 1.29 is 27.1 Å². The van der Waals surface area contributed by atoms with Crippen molar-refractivity contribution in [1.29, 1.82) is 0 Å². The quantitative estimate of drug-likeness (QED) is 0.705. The van der Waals surface area contributed by atoms with E-state index in [0.29, 0.717) is 18.7 Å². The van der Waals surface area contributed by atoms with Gasteiger partial charge in [-0.05, 0) is 69.6 Å². The third-order valence-electron chi connectivity index (χ3n) is 4.65. The van der Waals surface area contributed by atoms with Gasteiger partial charge in [0.15, 0.2) is 0 Å². The van der Waals surface area contributed by atoms with Crippen molar-refractivity contribution in [1.82, 2.24) is 9.80 Å². The number of halogens is 4. The van der Waals surface area contributed by atoms with Gasteiger partial charge < -0.3 is 14.5 Å². The molecule has 1 amide bonds. The number of nitrogens with zero attached hydrogens (tertiary/aromatic N) is 2. The predicted octanol–water partition coefficient (Wildman–Crippen LogP) is 4.26. The summed E-state index contributed by atoms with van der Waals surface area (Å²) in [5.41, 5.74) is 0.319. The fraction of sp³-hybridized carbons (Fsp3) is 0.632. The van der Waals surface area contributed by atoms with Crippen LogP contribution in [0.2, 0.25) is 0 Å². The molecule has 3 rings (SSSR count). The van der Waals surface area contributed by atoms with E-state index in [2.05, 4.69) is 16.6 Å². The number of hydrogen-bond acceptors (Lipinski definition) is 3. The lowest BCUT2D eigenvalue weighted by molar-refractivity contribution is -0.253. The number of ether oxygens (including phenoxy) is 1. The van der Waals surface area contributed by atoms with Gasteiger partial charge in [0, 0.05) is 18.7 Å². The minimum absolute atomic E-state index is 0.199. The first-order valence-corrected chi connectivity index (χ1v) is 9.30. The summed E-state index contributed by atoms with van der Waals surface area (Å²) in [4.78, 5) is 16.1. The van der Waals surface area contributed by atoms with Crippen LogP contribution in [0.3, 0.4) is 0 Å². The summed E-state index contributed by atoms with van der Waals surface area (Å²) in [6.45, 7) is 7.50. The minimum Gasteiger partial charge on any atom is -0.428 e. The summed E-state index contributed by atoms with van der Waals surface area (Å²) in [7, 11) is 0. The molecule has 4 nitrogen and oxygen atoms in total. The molecule has 8 heteroatoms. The first kappa shape index (κ1) is 21.5. The number of alkyl halides is 4. The molecule has 27 heavy (non-hydrogen) atoms. The van der Waals surface area contributed by atoms with Crippen molar-refractivity contribution in [3.05, 3.63) is 29.8 Å². The average Bonchev–Trinajstić information content (AvgIpc) is 3.35. The highest BCUT2D eigenvalue weighted by Crippen LogP contribution is 2.27. The summed E-state index contributed by atoms with van der Waals surface area (Å²) in [6, 6.07) is 4.74. The van der Waals surface area contributed by atoms with Gasteiger partial charge in [0.2, 0.25) is 0 Å². The molecule has 2 aliphatic heterocycles. The van der Waals surface area contributed by atoms with E-state index in [1.165, 1.54) is 44.6 Å². The van der Waals surface area contributed by atoms with Gasteiger partial charge in [0.25, 0.3) is 5.91 Å². The number of carbonyl (C=O) groups excluding carboxylic acids is 1. The van der Waals surface area contributed by atoms with Crippen molar-refractivity contribution in [3.63, 3.8) is 0 Å². The van der Waals surface area contributed by atoms with Crippen LogP contribution in [0.4, 0.5) is 17.6 Å². The van der Waals surface area contributed by atoms with E-state index >= 15 is 0 Å². The van der Waals surface area contributed by atoms with Crippen LogP contribution >= 0.6 is 0 Å². The van der Waals surface area contributed by atoms with Gasteiger partial charge in [-0.25, -0.2) is 0 Å². The number of amides is 1. The molecule has 1 aromatic rings. The summed E-state index contributed by atoms with van der Waals surface area (Å²) < 4.78 is 53.2. The third-order valence-corrected chi connectivity index (χ3v) is 4.65. The van der Waals surface area contributed by atoms with Gasteiger partial charge in [0.05, 0.1) is 0 Å². The Morgan fingerprint density at radius 3 is 2.00 bits per heavy atom. The van der Waals surface area contributed by atoms with Crippen LogP contribution in [-0.2, 0) is 0 Å². The molecule has 0 spiro atoms. The van der Waals surface area contributed by atoms with Gasteiger partial charge in [-0.1, -0.05) is 6.92 Å². The molecular formula is C19H26F4N2O2. The van der Waals surface area contributed by atoms with E-state index in [-0.39, 0.29) is 5.91 Å². The molecule has 152 valence electrons. The number of hydrogen-bond donors (Lipinski definition) is 0. The largest absolute Gasteiger partial charge is 0.461 e. The van der Waals surface area contributed by atoms with Crippen molar-refractivity contribution in [2.45, 2.75) is 45.1 Å². The van der Waals surface area contributed by atoms with Crippen LogP contribution < -0.4 is 4.74 Å². The van der Waals surface area contributed by atoms with Gasteiger partial charge in [-0.15, -0.1) is 0 Å². The van der Waals surface area contributed by atoms with Gasteiger partial charge in [-0.3, -0.25) is 4.79 Å². The Morgan fingerprint density at radius 2 is 1.56 bits per heavy atom. The lowest BCUT2D eigenvalue weighted by atomic mass is 10.2. The summed E-state index contributed by atoms with van der Waals surface area (Å²) in [5.74, 6) is -0.608. The number of rotatable bonds is 5. The Bertz CT molecular complexity index is 584. The zero-order valence-electron chi connectivity index (χ0n) is 15.5. The van der Waals surface area contributed by atoms with Crippen LogP contribution in [0.1, 0.15) is 43.0 Å². The highest BCUT2D eigenvalue weighted by molar-refractivity contribution is 5.94. The Labute approximate surface area is 157 Å². The number of benzene rings is 1. The molecule has 0 N–H and O–H groups in total. The van der Waals surface area contributed by atoms with Gasteiger partial charge in [-0.2, -0.15) is 17.6 Å². The van der Waals surface area contributed by atoms with Crippen LogP contribution in [0.25, 0.3) is 0 Å². The van der Waals surface area contributed by atoms with Gasteiger partial charge >= 0.3 is 12.5 Å². The maximum Gasteiger partial charge on any atom is 0.461 e. The van der Waals surface area contributed by atoms with Gasteiger partial charge in [0.1, 0.15) is 5.75 Å². The second-order valence-corrected chi connectivity index (χ2v) is 6.63. The van der Waals surface area contributed by atoms with E-state index in [0.717, 1.165) is 25.0 Å². The minimum atomic E-state index is -4.54. The van der Waals surface area contributed by atoms with Crippen LogP contribution in [0.5, 0.6) is 5.75 Å². The first-order chi connectivity index (χ1) is 12.8. The van der Waals surface area contributed by atoms with E-state index in [9.17, 15) is 22.4 Å². The molecule has 2 heterocycles. The maximum atomic E-state index is 12.7. The summed E-state index contributed by atoms with van der Waals surface area (Å²) >= 11 is 0. The third kappa shape index (κ3) is 6.37. The number of likely N-dealkylation sites (tertiary alicyclic amines) is 2. The normalized spacial score (nSPS) is 17.8. The lowest BCUT2D eigenvalue weighted by Crippen LogP contribution is -2.33. The van der Waals surface area contributed by atoms with E-state index < -0.39 is 18.3 Å². The zero-order chi connectivity index (χ0) is 19.9. The van der Waals surface area contributed by atoms with E-state index in [1.807, 2.05) is 0 Å². The average molecular weight is 390 g/mol. The van der Waals surface area contributed by atoms with Crippen molar-refractivity contribution >= 4 is 5.91 Å². The molecule has 2 fully saturated rings. The predicted molar refractivity (Wildman–Crippen MR) is 94.5 cm³/mol. The smallest absolute Gasteiger partial charge is 0.428 e. The van der Waals surface area contributed by atoms with Crippen LogP contribution in [0, 0.1) is 0 Å². The highest BCUT2D eigenvalue weighted by Gasteiger charge is 2.43. The fourth-order valence-electron chi connectivity index (χ4n) is 3.07. The van der Waals surface area contributed by atoms with E-state index in [4.69, 9.17) is 0 Å². The molecule has 0 atom stereocenters. The topological polar surface area (TPSA) is 32.8 Å². The molecule has 0 aromatic heterocycles. The molecule has 0 bridgehead atoms. The molecule has 2 saturated heterocycles. The molecule has 0 radical (unpaired) electrons. The number of carbonyl (C=O) groups is 1. The lowest BCUT2D eigenvalue weighted by Gasteiger charge is -2.18. The Kier molecular flexibility index (Phi) is 7.89. The second kappa shape index (κ2) is 9.92. The molecule has 2 aliphatic rings. The molecule has 0 aliphatic carbocycles. The first-order valence-electron chi connectivity index (χ1n) is 9.30. The monoisotopic (exact) mass is 390 g/mol. The second-order valence-electron chi connectivity index (χ2n) is 6.63. The molecular weight excluding hydrogens is 364 g/mol. The SMILES string of the molecule is CCN1CCCC1.O=C(c1ccc(OC(F)(F)C(F)F)cc1)N1CCCC1. The Balaban J connectivity index is 0.000000313. The maximum absolute atomic E-state index is 12.7. The summed E-state index contributed by atoms with van der Waals surface area (Å²) in [5, 5.41) is 0. The Morgan fingerprint density at radius 1 is 1.04 bits per heavy atom. The van der Waals surface area contributed by atoms with Crippen LogP contribution in [0.15, 0.2) is 24.3 Å². The fourth-order valence-corrected chi connectivity index (χ4v) is 3.07.